The number of carbonyl (C=O) groups is 1. The van der Waals surface area contributed by atoms with E-state index in [1.807, 2.05) is 12.1 Å². The summed E-state index contributed by atoms with van der Waals surface area (Å²) in [4.78, 5) is 11.2. The van der Waals surface area contributed by atoms with Crippen LogP contribution in [0.3, 0.4) is 0 Å². The topological polar surface area (TPSA) is 50.4 Å². The molecule has 1 aliphatic heterocycles. The maximum absolute atomic E-state index is 11.2. The lowest BCUT2D eigenvalue weighted by atomic mass is 9.80. The van der Waals surface area contributed by atoms with Gasteiger partial charge in [0.25, 0.3) is 0 Å². The van der Waals surface area contributed by atoms with Crippen LogP contribution in [0.4, 0.5) is 0 Å². The van der Waals surface area contributed by atoms with E-state index in [9.17, 15) is 4.79 Å². The van der Waals surface area contributed by atoms with Crippen molar-refractivity contribution < 1.29 is 9.53 Å². The minimum atomic E-state index is -0.265. The van der Waals surface area contributed by atoms with E-state index in [2.05, 4.69) is 17.6 Å². The molecule has 1 aromatic rings. The molecule has 21 heavy (non-hydrogen) atoms. The zero-order chi connectivity index (χ0) is 15.5. The maximum Gasteiger partial charge on any atom is 0.216 e. The monoisotopic (exact) mass is 330 g/mol. The highest BCUT2D eigenvalue weighted by atomic mass is 35.5. The van der Waals surface area contributed by atoms with Gasteiger partial charge in [-0.15, -0.1) is 0 Å². The van der Waals surface area contributed by atoms with E-state index < -0.39 is 0 Å². The number of hydrogen-bond acceptors (Lipinski definition) is 3. The molecule has 0 aromatic heterocycles. The van der Waals surface area contributed by atoms with Crippen LogP contribution in [0.25, 0.3) is 0 Å². The van der Waals surface area contributed by atoms with Crippen molar-refractivity contribution >= 4 is 29.1 Å². The second kappa shape index (κ2) is 6.97. The summed E-state index contributed by atoms with van der Waals surface area (Å²) in [6.07, 6.45) is -0.158. The van der Waals surface area contributed by atoms with Gasteiger partial charge in [-0.05, 0) is 17.7 Å². The lowest BCUT2D eigenvalue weighted by Gasteiger charge is -2.36. The molecule has 1 heterocycles. The van der Waals surface area contributed by atoms with Gasteiger partial charge < -0.3 is 15.4 Å². The summed E-state index contributed by atoms with van der Waals surface area (Å²) < 4.78 is 6.02. The van der Waals surface area contributed by atoms with Crippen molar-refractivity contribution in [2.24, 2.45) is 5.41 Å². The fraction of sp³-hybridized carbons (Fsp3) is 0.533. The second-order valence-corrected chi connectivity index (χ2v) is 6.48. The Kier molecular flexibility index (Phi) is 5.49. The van der Waals surface area contributed by atoms with Gasteiger partial charge in [0.2, 0.25) is 5.91 Å². The molecule has 0 saturated carbocycles. The van der Waals surface area contributed by atoms with Crippen LogP contribution in [-0.4, -0.2) is 32.1 Å². The fourth-order valence-corrected chi connectivity index (χ4v) is 2.88. The molecule has 2 rings (SSSR count). The molecule has 1 aromatic carbocycles. The van der Waals surface area contributed by atoms with Crippen LogP contribution in [0.2, 0.25) is 10.0 Å². The van der Waals surface area contributed by atoms with Gasteiger partial charge in [0, 0.05) is 32.0 Å². The van der Waals surface area contributed by atoms with E-state index in [1.165, 1.54) is 6.92 Å². The molecule has 4 nitrogen and oxygen atoms in total. The summed E-state index contributed by atoms with van der Waals surface area (Å²) >= 11 is 12.1. The maximum atomic E-state index is 11.2. The van der Waals surface area contributed by atoms with Crippen LogP contribution < -0.4 is 10.6 Å². The van der Waals surface area contributed by atoms with Crippen LogP contribution >= 0.6 is 23.2 Å². The summed E-state index contributed by atoms with van der Waals surface area (Å²) in [6.45, 7) is 6.28. The van der Waals surface area contributed by atoms with Gasteiger partial charge in [0.05, 0.1) is 22.8 Å². The molecule has 0 unspecified atom stereocenters. The third-order valence-electron chi connectivity index (χ3n) is 3.71. The summed E-state index contributed by atoms with van der Waals surface area (Å²) in [6, 6.07) is 5.54. The quantitative estimate of drug-likeness (QED) is 0.895. The zero-order valence-corrected chi connectivity index (χ0v) is 13.7. The Labute approximate surface area is 135 Å². The van der Waals surface area contributed by atoms with Gasteiger partial charge in [0.1, 0.15) is 0 Å². The lowest BCUT2D eigenvalue weighted by Crippen LogP contribution is -2.44. The summed E-state index contributed by atoms with van der Waals surface area (Å²) in [5, 5.41) is 7.28. The van der Waals surface area contributed by atoms with Gasteiger partial charge >= 0.3 is 0 Å². The predicted molar refractivity (Wildman–Crippen MR) is 84.8 cm³/mol. The number of nitrogens with one attached hydrogen (secondary N) is 2. The van der Waals surface area contributed by atoms with Crippen molar-refractivity contribution in [3.63, 3.8) is 0 Å². The van der Waals surface area contributed by atoms with Gasteiger partial charge in [-0.2, -0.15) is 0 Å². The number of benzene rings is 1. The summed E-state index contributed by atoms with van der Waals surface area (Å²) in [5.41, 5.74) is 0.709. The number of rotatable bonds is 3. The molecule has 1 fully saturated rings. The van der Waals surface area contributed by atoms with E-state index in [1.54, 1.807) is 6.07 Å². The zero-order valence-electron chi connectivity index (χ0n) is 12.2. The van der Waals surface area contributed by atoms with Crippen LogP contribution in [-0.2, 0) is 9.53 Å². The Morgan fingerprint density at radius 3 is 2.90 bits per heavy atom. The highest BCUT2D eigenvalue weighted by molar-refractivity contribution is 6.42. The van der Waals surface area contributed by atoms with Crippen molar-refractivity contribution in [1.29, 1.82) is 0 Å². The van der Waals surface area contributed by atoms with Gasteiger partial charge in [-0.1, -0.05) is 36.2 Å². The normalized spacial score (nSPS) is 26.2. The van der Waals surface area contributed by atoms with E-state index in [-0.39, 0.29) is 17.4 Å². The van der Waals surface area contributed by atoms with Crippen LogP contribution in [0.15, 0.2) is 18.2 Å². The molecule has 1 aliphatic rings. The van der Waals surface area contributed by atoms with Crippen molar-refractivity contribution in [3.8, 4) is 0 Å². The molecular formula is C15H20Cl2N2O2. The van der Waals surface area contributed by atoms with Crippen molar-refractivity contribution in [1.82, 2.24) is 10.6 Å². The third kappa shape index (κ3) is 4.10. The van der Waals surface area contributed by atoms with E-state index in [0.717, 1.165) is 18.7 Å². The summed E-state index contributed by atoms with van der Waals surface area (Å²) in [7, 11) is 0. The molecule has 2 atom stereocenters. The van der Waals surface area contributed by atoms with Crippen LogP contribution in [0.5, 0.6) is 0 Å². The molecule has 2 N–H and O–H groups in total. The minimum absolute atomic E-state index is 0.0478. The minimum Gasteiger partial charge on any atom is -0.372 e. The fourth-order valence-electron chi connectivity index (χ4n) is 2.57. The largest absolute Gasteiger partial charge is 0.372 e. The third-order valence-corrected chi connectivity index (χ3v) is 4.45. The molecule has 1 amide bonds. The Bertz CT molecular complexity index is 524. The van der Waals surface area contributed by atoms with Gasteiger partial charge in [-0.3, -0.25) is 4.79 Å². The molecule has 0 bridgehead atoms. The standard InChI is InChI=1S/C15H20Cl2N2O2/c1-10(20)19-9-15(2)8-18-5-6-21-14(15)11-3-4-12(16)13(17)7-11/h3-4,7,14,18H,5-6,8-9H2,1-2H3,(H,19,20)/t14-,15-/m1/s1. The molecule has 0 spiro atoms. The highest BCUT2D eigenvalue weighted by Crippen LogP contribution is 2.39. The number of amides is 1. The number of halogens is 2. The average Bonchev–Trinajstić information content (AvgIpc) is 2.62. The Balaban J connectivity index is 2.29. The Morgan fingerprint density at radius 1 is 1.48 bits per heavy atom. The smallest absolute Gasteiger partial charge is 0.216 e. The lowest BCUT2D eigenvalue weighted by molar-refractivity contribution is -0.120. The van der Waals surface area contributed by atoms with Crippen LogP contribution in [0.1, 0.15) is 25.5 Å². The molecule has 6 heteroatoms. The molecule has 116 valence electrons. The SMILES string of the molecule is CC(=O)NC[C@@]1(C)CNCCO[C@@H]1c1ccc(Cl)c(Cl)c1. The summed E-state index contributed by atoms with van der Waals surface area (Å²) in [5.74, 6) is -0.0478. The van der Waals surface area contributed by atoms with Crippen molar-refractivity contribution in [2.45, 2.75) is 20.0 Å². The average molecular weight is 331 g/mol. The van der Waals surface area contributed by atoms with Crippen molar-refractivity contribution in [3.05, 3.63) is 33.8 Å². The molecule has 0 aliphatic carbocycles. The van der Waals surface area contributed by atoms with Gasteiger partial charge in [0.15, 0.2) is 0 Å². The van der Waals surface area contributed by atoms with E-state index in [0.29, 0.717) is 23.2 Å². The van der Waals surface area contributed by atoms with E-state index in [4.69, 9.17) is 27.9 Å². The molecule has 0 radical (unpaired) electrons. The molecular weight excluding hydrogens is 311 g/mol. The predicted octanol–water partition coefficient (Wildman–Crippen LogP) is 2.80. The second-order valence-electron chi connectivity index (χ2n) is 5.66. The Hall–Kier alpha value is -0.810. The number of ether oxygens (including phenoxy) is 1. The highest BCUT2D eigenvalue weighted by Gasteiger charge is 2.38. The number of hydrogen-bond donors (Lipinski definition) is 2. The first-order valence-corrected chi connectivity index (χ1v) is 7.70. The first-order chi connectivity index (χ1) is 9.92. The first-order valence-electron chi connectivity index (χ1n) is 6.94. The Morgan fingerprint density at radius 2 is 2.24 bits per heavy atom. The van der Waals surface area contributed by atoms with Crippen molar-refractivity contribution in [2.75, 3.05) is 26.2 Å². The number of carbonyl (C=O) groups excluding carboxylic acids is 1. The van der Waals surface area contributed by atoms with Crippen LogP contribution in [0, 0.1) is 5.41 Å². The first kappa shape index (κ1) is 16.6. The van der Waals surface area contributed by atoms with E-state index >= 15 is 0 Å². The molecule has 1 saturated heterocycles. The van der Waals surface area contributed by atoms with Gasteiger partial charge in [-0.25, -0.2) is 0 Å².